The second-order valence-corrected chi connectivity index (χ2v) is 50.4. The molecule has 11 atom stereocenters. The minimum absolute atomic E-state index is 0.0251. The molecule has 11 unspecified atom stereocenters. The Morgan fingerprint density at radius 3 is 1.01 bits per heavy atom. The van der Waals surface area contributed by atoms with Crippen molar-refractivity contribution in [3.63, 3.8) is 0 Å². The normalized spacial score (nSPS) is 22.4. The molecule has 0 aromatic heterocycles. The van der Waals surface area contributed by atoms with Crippen LogP contribution >= 0.6 is 0 Å². The molecule has 6 bridgehead atoms. The molecular weight excluding hydrogens is 1980 g/mol. The van der Waals surface area contributed by atoms with Crippen LogP contribution in [0.1, 0.15) is 468 Å². The predicted molar refractivity (Wildman–Crippen MR) is 562 cm³/mol. The number of fused-ring (bicyclic) bond motifs is 5. The Balaban J connectivity index is 0. The highest BCUT2D eigenvalue weighted by Gasteiger charge is 2.58. The molecule has 8 aliphatic carbocycles. The highest BCUT2D eigenvalue weighted by atomic mass is 19.4. The first-order valence-electron chi connectivity index (χ1n) is 55.1. The summed E-state index contributed by atoms with van der Waals surface area (Å²) < 4.78 is 218. The summed E-state index contributed by atoms with van der Waals surface area (Å²) in [6.45, 7) is 74.6. The summed E-state index contributed by atoms with van der Waals surface area (Å²) in [5.74, 6) is 3.72. The number of carbonyl (C=O) groups is 9. The summed E-state index contributed by atoms with van der Waals surface area (Å²) in [6.07, 6.45) is -4.13. The Bertz CT molecular complexity index is 4050. The molecule has 0 spiro atoms. The topological polar surface area (TPSA) is 231 Å². The SMILES string of the molecule is CCC(C)(C)C(=O)N(C(C)C)C(C)C.CCC(C)(C)C(=O)OC(C)(C)C1CCC(C)CC1.CCC(C)(C)C(=O)OC(C)C(F)(F)F.CCC(C)(C)C(=O)OC(C)C(F)(F)F.CCC(C)(C)C(=O)OC(C)C(F)(F)F.CCC(C)(C)C(=O)OC12CC3CC(CC(C3)C1)C2.CCC(C)(C)C(=O)OC1CC2CC1C1CCCC21.CCC(C)(C)C(=O)OCC(F)(F)F.CCC(C)C(=O)OC(C)C(F)(F)F.CCC(C)c1ccc(C(C)(C)C)cc1. The zero-order chi connectivity index (χ0) is 118. The van der Waals surface area contributed by atoms with Gasteiger partial charge in [-0.15, -0.1) is 0 Å². The maximum atomic E-state index is 12.4. The average molecular weight is 2180 g/mol. The van der Waals surface area contributed by atoms with Crippen molar-refractivity contribution in [2.24, 2.45) is 102 Å². The summed E-state index contributed by atoms with van der Waals surface area (Å²) in [6, 6.07) is 9.65. The van der Waals surface area contributed by atoms with Gasteiger partial charge >= 0.3 is 78.6 Å². The van der Waals surface area contributed by atoms with Gasteiger partial charge in [-0.25, -0.2) is 0 Å². The third kappa shape index (κ3) is 49.0. The van der Waals surface area contributed by atoms with Gasteiger partial charge in [-0.2, -0.15) is 65.9 Å². The molecule has 0 heterocycles. The number of esters is 8. The minimum atomic E-state index is -4.49. The molecule has 0 N–H and O–H groups in total. The fraction of sp³-hybridized carbons (Fsp3) is 0.872. The van der Waals surface area contributed by atoms with E-state index < -0.39 is 119 Å². The number of rotatable bonds is 31. The number of amides is 1. The maximum Gasteiger partial charge on any atom is 0.425 e. The number of hydrogen-bond donors (Lipinski definition) is 0. The Hall–Kier alpha value is -6.60. The van der Waals surface area contributed by atoms with Gasteiger partial charge in [-0.3, -0.25) is 43.2 Å². The van der Waals surface area contributed by atoms with Gasteiger partial charge in [0.25, 0.3) is 0 Å². The van der Waals surface area contributed by atoms with E-state index in [-0.39, 0.29) is 80.3 Å². The third-order valence-corrected chi connectivity index (χ3v) is 32.5. The van der Waals surface area contributed by atoms with E-state index in [0.717, 1.165) is 120 Å². The van der Waals surface area contributed by atoms with Crippen LogP contribution in [0.25, 0.3) is 0 Å². The van der Waals surface area contributed by atoms with E-state index in [2.05, 4.69) is 152 Å². The highest BCUT2D eigenvalue weighted by molar-refractivity contribution is 5.83. The van der Waals surface area contributed by atoms with Crippen molar-refractivity contribution in [2.45, 2.75) is 547 Å². The first kappa shape index (κ1) is 145. The van der Waals surface area contributed by atoms with E-state index in [9.17, 15) is 109 Å². The van der Waals surface area contributed by atoms with Gasteiger partial charge in [0.1, 0.15) is 17.3 Å². The zero-order valence-electron chi connectivity index (χ0n) is 99.6. The van der Waals surface area contributed by atoms with Crippen LogP contribution in [0.2, 0.25) is 0 Å². The molecule has 0 saturated heterocycles. The molecule has 0 aliphatic heterocycles. The monoisotopic (exact) mass is 2180 g/mol. The number of benzene rings is 1. The predicted octanol–water partition coefficient (Wildman–Crippen LogP) is 33.7. The van der Waals surface area contributed by atoms with Crippen molar-refractivity contribution >= 4 is 53.7 Å². The van der Waals surface area contributed by atoms with Crippen LogP contribution in [0.4, 0.5) is 65.9 Å². The molecule has 150 heavy (non-hydrogen) atoms. The molecule has 9 rings (SSSR count). The number of nitrogens with zero attached hydrogens (tertiary/aromatic N) is 1. The summed E-state index contributed by atoms with van der Waals surface area (Å²) in [5.41, 5.74) is -1.88. The number of halogens is 15. The van der Waals surface area contributed by atoms with Crippen molar-refractivity contribution in [3.05, 3.63) is 35.4 Å². The van der Waals surface area contributed by atoms with Crippen LogP contribution in [-0.4, -0.2) is 150 Å². The molecule has 33 heteroatoms. The minimum Gasteiger partial charge on any atom is -0.462 e. The van der Waals surface area contributed by atoms with Crippen molar-refractivity contribution in [1.29, 1.82) is 0 Å². The number of ether oxygens (including phenoxy) is 8. The summed E-state index contributed by atoms with van der Waals surface area (Å²) >= 11 is 0. The van der Waals surface area contributed by atoms with Gasteiger partial charge in [-0.05, 0) is 383 Å². The van der Waals surface area contributed by atoms with Gasteiger partial charge in [0.2, 0.25) is 5.91 Å². The standard InChI is InChI=1S/2C16H26O2.C16H30O2.C14H22.C12H25NO.3C9H15F3O2.2C8H13F3O2/c1-4-15(2,3)14(17)18-16-8-11-5-12(9-16)7-13(6-11)10-16;1-4-16(2,3)15(17)18-14-9-10-8-13(14)12-7-5-6-11(10)12;1-7-15(3,4)14(17)18-16(5,6)13-10-8-12(2)9-11-13;1-6-11(2)12-7-9-13(10-8-12)14(3,4)5;1-8-12(6,7)11(14)13(9(2)3)10(4)5;3*1-5-8(3,4)7(13)14-6(2)9(10,11)12;1-4-7(2,3)6(12)13-5-8(9,10)11;1-4-5(2)7(12)13-6(3)8(9,10)11/h11-13H,4-10H2,1-3H3;10-14H,4-9H2,1-3H3;12-13H,7-11H2,1-6H3;7-11H,6H2,1-5H3;9-10H,8H2,1-7H3;3*6H,5H2,1-4H3;4-5H2,1-3H3;5-6H,4H2,1-3H3. The van der Waals surface area contributed by atoms with E-state index in [1.807, 2.05) is 67.2 Å². The molecule has 18 nitrogen and oxygen atoms in total. The number of alkyl halides is 15. The van der Waals surface area contributed by atoms with E-state index in [4.69, 9.17) is 14.2 Å². The molecule has 1 aromatic rings. The number of carbonyl (C=O) groups excluding carboxylic acids is 9. The Labute approximate surface area is 893 Å². The molecule has 8 fully saturated rings. The van der Waals surface area contributed by atoms with Gasteiger partial charge < -0.3 is 42.8 Å². The van der Waals surface area contributed by atoms with E-state index in [1.54, 1.807) is 90.0 Å². The van der Waals surface area contributed by atoms with Gasteiger partial charge in [-0.1, -0.05) is 168 Å². The van der Waals surface area contributed by atoms with Crippen LogP contribution in [0.3, 0.4) is 0 Å². The lowest BCUT2D eigenvalue weighted by atomic mass is 9.54. The molecule has 8 saturated carbocycles. The summed E-state index contributed by atoms with van der Waals surface area (Å²) in [5, 5.41) is 0. The van der Waals surface area contributed by atoms with Crippen LogP contribution in [0.15, 0.2) is 24.3 Å². The second-order valence-electron chi connectivity index (χ2n) is 50.4. The van der Waals surface area contributed by atoms with E-state index in [0.29, 0.717) is 49.9 Å². The van der Waals surface area contributed by atoms with Crippen LogP contribution < -0.4 is 0 Å². The first-order valence-corrected chi connectivity index (χ1v) is 55.1. The third-order valence-electron chi connectivity index (χ3n) is 32.5. The molecular formula is C117H200F15NO17. The molecule has 1 amide bonds. The number of hydrogen-bond acceptors (Lipinski definition) is 17. The van der Waals surface area contributed by atoms with Crippen LogP contribution in [0.5, 0.6) is 0 Å². The lowest BCUT2D eigenvalue weighted by Crippen LogP contribution is -2.53. The highest BCUT2D eigenvalue weighted by Crippen LogP contribution is 2.61. The van der Waals surface area contributed by atoms with Gasteiger partial charge in [0, 0.05) is 17.5 Å². The quantitative estimate of drug-likeness (QED) is 0.0382. The Kier molecular flexibility index (Phi) is 58.4. The van der Waals surface area contributed by atoms with Crippen LogP contribution in [-0.2, 0) is 86.5 Å². The maximum absolute atomic E-state index is 12.4. The van der Waals surface area contributed by atoms with Crippen molar-refractivity contribution in [1.82, 2.24) is 4.90 Å². The second kappa shape index (κ2) is 60.2. The Morgan fingerprint density at radius 2 is 0.693 bits per heavy atom. The lowest BCUT2D eigenvalue weighted by Gasteiger charge is -2.56. The van der Waals surface area contributed by atoms with Gasteiger partial charge in [0.05, 0.1) is 43.8 Å². The lowest BCUT2D eigenvalue weighted by molar-refractivity contribution is -0.221. The summed E-state index contributed by atoms with van der Waals surface area (Å²) in [4.78, 5) is 107. The molecule has 8 aliphatic rings. The fourth-order valence-corrected chi connectivity index (χ4v) is 17.5. The van der Waals surface area contributed by atoms with E-state index >= 15 is 0 Å². The smallest absolute Gasteiger partial charge is 0.425 e. The largest absolute Gasteiger partial charge is 0.462 e. The molecule has 0 radical (unpaired) electrons. The molecule has 880 valence electrons. The fourth-order valence-electron chi connectivity index (χ4n) is 17.5. The first-order chi connectivity index (χ1) is 67.6. The molecule has 1 aromatic carbocycles. The Morgan fingerprint density at radius 1 is 0.367 bits per heavy atom. The van der Waals surface area contributed by atoms with Gasteiger partial charge in [0.15, 0.2) is 31.0 Å². The van der Waals surface area contributed by atoms with Crippen molar-refractivity contribution < 1.29 is 147 Å². The van der Waals surface area contributed by atoms with Crippen molar-refractivity contribution in [2.75, 3.05) is 6.61 Å². The average Bonchev–Trinajstić information content (AvgIpc) is 1.21. The zero-order valence-corrected chi connectivity index (χ0v) is 99.6. The van der Waals surface area contributed by atoms with Crippen molar-refractivity contribution in [3.8, 4) is 0 Å². The van der Waals surface area contributed by atoms with Crippen LogP contribution in [0, 0.1) is 102 Å². The summed E-state index contributed by atoms with van der Waals surface area (Å²) in [7, 11) is 0. The van der Waals surface area contributed by atoms with E-state index in [1.165, 1.54) is 95.1 Å².